The second-order valence-electron chi connectivity index (χ2n) is 4.01. The molecule has 0 spiro atoms. The largest absolute Gasteiger partial charge is 0.383 e. The van der Waals surface area contributed by atoms with Gasteiger partial charge >= 0.3 is 0 Å². The van der Waals surface area contributed by atoms with Crippen LogP contribution in [0.25, 0.3) is 0 Å². The van der Waals surface area contributed by atoms with E-state index in [0.29, 0.717) is 19.8 Å². The number of carbonyl (C=O) groups excluding carboxylic acids is 1. The summed E-state index contributed by atoms with van der Waals surface area (Å²) in [6.45, 7) is 3.32. The van der Waals surface area contributed by atoms with E-state index in [-0.39, 0.29) is 23.3 Å². The average molecular weight is 239 g/mol. The normalized spacial score (nSPS) is 20.4. The molecule has 2 rings (SSSR count). The third-order valence-corrected chi connectivity index (χ3v) is 2.74. The van der Waals surface area contributed by atoms with Gasteiger partial charge in [-0.2, -0.15) is 0 Å². The van der Waals surface area contributed by atoms with Crippen molar-refractivity contribution in [3.05, 3.63) is 23.6 Å². The van der Waals surface area contributed by atoms with Crippen LogP contribution in [0.4, 0.5) is 10.2 Å². The van der Waals surface area contributed by atoms with Gasteiger partial charge in [0, 0.05) is 6.54 Å². The summed E-state index contributed by atoms with van der Waals surface area (Å²) in [7, 11) is 0. The number of halogens is 1. The summed E-state index contributed by atoms with van der Waals surface area (Å²) in [5.74, 6) is -0.816. The molecular weight excluding hydrogens is 225 g/mol. The molecule has 1 aromatic heterocycles. The van der Waals surface area contributed by atoms with E-state index in [0.717, 1.165) is 12.3 Å². The molecule has 2 N–H and O–H groups in total. The number of anilines is 1. The monoisotopic (exact) mass is 239 g/mol. The van der Waals surface area contributed by atoms with Crippen LogP contribution in [0.15, 0.2) is 12.3 Å². The highest BCUT2D eigenvalue weighted by Gasteiger charge is 2.26. The first kappa shape index (κ1) is 11.8. The van der Waals surface area contributed by atoms with E-state index in [9.17, 15) is 9.18 Å². The maximum Gasteiger partial charge on any atom is 0.258 e. The van der Waals surface area contributed by atoms with E-state index in [1.165, 1.54) is 0 Å². The van der Waals surface area contributed by atoms with Crippen LogP contribution >= 0.6 is 0 Å². The summed E-state index contributed by atoms with van der Waals surface area (Å²) in [5, 5.41) is 0. The number of amides is 1. The Morgan fingerprint density at radius 1 is 1.71 bits per heavy atom. The molecule has 0 bridgehead atoms. The Labute approximate surface area is 98.4 Å². The molecule has 0 aliphatic carbocycles. The maximum absolute atomic E-state index is 13.1. The van der Waals surface area contributed by atoms with Crippen LogP contribution in [-0.2, 0) is 4.74 Å². The highest BCUT2D eigenvalue weighted by molar-refractivity contribution is 5.98. The first-order chi connectivity index (χ1) is 8.09. The van der Waals surface area contributed by atoms with E-state index in [4.69, 9.17) is 10.5 Å². The van der Waals surface area contributed by atoms with Crippen molar-refractivity contribution in [1.29, 1.82) is 0 Å². The van der Waals surface area contributed by atoms with Crippen LogP contribution in [0.5, 0.6) is 0 Å². The standard InChI is InChI=1S/C11H14FN3O2/c1-7-6-17-3-2-15(7)11(16)9-4-8(12)5-14-10(9)13/h4-5,7H,2-3,6H2,1H3,(H2,13,14). The number of pyridine rings is 1. The Balaban J connectivity index is 2.26. The summed E-state index contributed by atoms with van der Waals surface area (Å²) in [4.78, 5) is 17.4. The first-order valence-electron chi connectivity index (χ1n) is 5.39. The summed E-state index contributed by atoms with van der Waals surface area (Å²) < 4.78 is 18.3. The molecule has 0 radical (unpaired) electrons. The molecule has 2 heterocycles. The highest BCUT2D eigenvalue weighted by Crippen LogP contribution is 2.16. The van der Waals surface area contributed by atoms with Gasteiger partial charge in [0.25, 0.3) is 5.91 Å². The van der Waals surface area contributed by atoms with E-state index in [1.807, 2.05) is 6.92 Å². The Bertz CT molecular complexity index is 439. The zero-order valence-corrected chi connectivity index (χ0v) is 9.52. The van der Waals surface area contributed by atoms with Crippen LogP contribution in [0, 0.1) is 5.82 Å². The SMILES string of the molecule is CC1COCCN1C(=O)c1cc(F)cnc1N. The molecule has 1 amide bonds. The van der Waals surface area contributed by atoms with Gasteiger partial charge in [0.05, 0.1) is 31.0 Å². The second-order valence-corrected chi connectivity index (χ2v) is 4.01. The van der Waals surface area contributed by atoms with Crippen molar-refractivity contribution in [1.82, 2.24) is 9.88 Å². The third kappa shape index (κ3) is 2.36. The summed E-state index contributed by atoms with van der Waals surface area (Å²) >= 11 is 0. The number of aromatic nitrogens is 1. The third-order valence-electron chi connectivity index (χ3n) is 2.74. The number of nitrogen functional groups attached to an aromatic ring is 1. The molecule has 1 fully saturated rings. The van der Waals surface area contributed by atoms with Crippen LogP contribution < -0.4 is 5.73 Å². The topological polar surface area (TPSA) is 68.5 Å². The van der Waals surface area contributed by atoms with Gasteiger partial charge in [0.2, 0.25) is 0 Å². The lowest BCUT2D eigenvalue weighted by Gasteiger charge is -2.33. The van der Waals surface area contributed by atoms with Crippen LogP contribution in [0.3, 0.4) is 0 Å². The van der Waals surface area contributed by atoms with E-state index >= 15 is 0 Å². The minimum absolute atomic E-state index is 0.0427. The molecule has 1 saturated heterocycles. The lowest BCUT2D eigenvalue weighted by Crippen LogP contribution is -2.47. The zero-order chi connectivity index (χ0) is 12.4. The molecule has 1 aliphatic rings. The van der Waals surface area contributed by atoms with Gasteiger partial charge in [0.1, 0.15) is 11.6 Å². The van der Waals surface area contributed by atoms with Crippen molar-refractivity contribution in [2.24, 2.45) is 0 Å². The summed E-state index contributed by atoms with van der Waals surface area (Å²) in [6, 6.07) is 1.08. The van der Waals surface area contributed by atoms with Gasteiger partial charge in [-0.1, -0.05) is 0 Å². The number of morpholine rings is 1. The number of ether oxygens (including phenoxy) is 1. The quantitative estimate of drug-likeness (QED) is 0.781. The van der Waals surface area contributed by atoms with Gasteiger partial charge in [0.15, 0.2) is 0 Å². The number of hydrogen-bond acceptors (Lipinski definition) is 4. The minimum atomic E-state index is -0.566. The van der Waals surface area contributed by atoms with E-state index in [1.54, 1.807) is 4.90 Å². The van der Waals surface area contributed by atoms with Crippen molar-refractivity contribution < 1.29 is 13.9 Å². The van der Waals surface area contributed by atoms with Gasteiger partial charge in [-0.05, 0) is 13.0 Å². The van der Waals surface area contributed by atoms with Gasteiger partial charge in [-0.3, -0.25) is 4.79 Å². The summed E-state index contributed by atoms with van der Waals surface area (Å²) in [6.07, 6.45) is 0.995. The molecule has 1 aliphatic heterocycles. The Morgan fingerprint density at radius 2 is 2.47 bits per heavy atom. The number of hydrogen-bond donors (Lipinski definition) is 1. The maximum atomic E-state index is 13.1. The molecule has 1 aromatic rings. The lowest BCUT2D eigenvalue weighted by atomic mass is 10.1. The molecule has 17 heavy (non-hydrogen) atoms. The predicted octanol–water partition coefficient (Wildman–Crippen LogP) is 0.664. The van der Waals surface area contributed by atoms with E-state index in [2.05, 4.69) is 4.98 Å². The van der Waals surface area contributed by atoms with Crippen LogP contribution in [0.2, 0.25) is 0 Å². The van der Waals surface area contributed by atoms with Crippen molar-refractivity contribution in [2.75, 3.05) is 25.5 Å². The minimum Gasteiger partial charge on any atom is -0.383 e. The average Bonchev–Trinajstić information content (AvgIpc) is 2.32. The number of nitrogens with zero attached hydrogens (tertiary/aromatic N) is 2. The fourth-order valence-corrected chi connectivity index (χ4v) is 1.80. The molecule has 5 nitrogen and oxygen atoms in total. The van der Waals surface area contributed by atoms with Crippen molar-refractivity contribution >= 4 is 11.7 Å². The first-order valence-corrected chi connectivity index (χ1v) is 5.39. The Kier molecular flexibility index (Phi) is 3.23. The van der Waals surface area contributed by atoms with Crippen molar-refractivity contribution in [2.45, 2.75) is 13.0 Å². The molecule has 92 valence electrons. The smallest absolute Gasteiger partial charge is 0.258 e. The fourth-order valence-electron chi connectivity index (χ4n) is 1.80. The van der Waals surface area contributed by atoms with Crippen LogP contribution in [-0.4, -0.2) is 41.6 Å². The Morgan fingerprint density at radius 3 is 3.18 bits per heavy atom. The van der Waals surface area contributed by atoms with Gasteiger partial charge in [-0.25, -0.2) is 9.37 Å². The number of rotatable bonds is 1. The number of carbonyl (C=O) groups is 1. The molecule has 0 saturated carbocycles. The van der Waals surface area contributed by atoms with Crippen molar-refractivity contribution in [3.8, 4) is 0 Å². The fraction of sp³-hybridized carbons (Fsp3) is 0.455. The van der Waals surface area contributed by atoms with Gasteiger partial charge in [-0.15, -0.1) is 0 Å². The second kappa shape index (κ2) is 4.67. The molecule has 1 atom stereocenters. The number of nitrogens with two attached hydrogens (primary N) is 1. The predicted molar refractivity (Wildman–Crippen MR) is 59.9 cm³/mol. The van der Waals surface area contributed by atoms with Crippen LogP contribution in [0.1, 0.15) is 17.3 Å². The summed E-state index contributed by atoms with van der Waals surface area (Å²) in [5.41, 5.74) is 5.70. The molecule has 6 heteroatoms. The Hall–Kier alpha value is -1.69. The highest BCUT2D eigenvalue weighted by atomic mass is 19.1. The van der Waals surface area contributed by atoms with Gasteiger partial charge < -0.3 is 15.4 Å². The molecular formula is C11H14FN3O2. The van der Waals surface area contributed by atoms with Crippen molar-refractivity contribution in [3.63, 3.8) is 0 Å². The molecule has 0 aromatic carbocycles. The van der Waals surface area contributed by atoms with E-state index < -0.39 is 5.82 Å². The lowest BCUT2D eigenvalue weighted by molar-refractivity contribution is 0.00361. The molecule has 1 unspecified atom stereocenters. The zero-order valence-electron chi connectivity index (χ0n) is 9.52.